The van der Waals surface area contributed by atoms with Crippen LogP contribution in [0.25, 0.3) is 11.3 Å². The summed E-state index contributed by atoms with van der Waals surface area (Å²) >= 11 is 9.95. The fourth-order valence-electron chi connectivity index (χ4n) is 2.19. The maximum Gasteiger partial charge on any atom is 0.257 e. The van der Waals surface area contributed by atoms with Crippen molar-refractivity contribution in [3.8, 4) is 17.0 Å². The summed E-state index contributed by atoms with van der Waals surface area (Å²) in [6.07, 6.45) is 0. The Morgan fingerprint density at radius 3 is 2.67 bits per heavy atom. The van der Waals surface area contributed by atoms with Crippen molar-refractivity contribution in [1.29, 1.82) is 0 Å². The minimum Gasteiger partial charge on any atom is -0.496 e. The second-order valence-electron chi connectivity index (χ2n) is 5.30. The van der Waals surface area contributed by atoms with E-state index < -0.39 is 11.7 Å². The number of thiocarbonyl (C=S) groups is 1. The van der Waals surface area contributed by atoms with Gasteiger partial charge >= 0.3 is 0 Å². The molecule has 1 heterocycles. The van der Waals surface area contributed by atoms with Crippen LogP contribution < -0.4 is 15.4 Å². The maximum atomic E-state index is 12.9. The van der Waals surface area contributed by atoms with E-state index in [0.717, 1.165) is 21.5 Å². The maximum absolute atomic E-state index is 12.9. The Morgan fingerprint density at radius 2 is 2.00 bits per heavy atom. The van der Waals surface area contributed by atoms with Gasteiger partial charge in [0.1, 0.15) is 11.6 Å². The third-order valence-electron chi connectivity index (χ3n) is 3.51. The van der Waals surface area contributed by atoms with Crippen LogP contribution in [0.2, 0.25) is 0 Å². The number of halogens is 2. The van der Waals surface area contributed by atoms with Crippen LogP contribution in [-0.4, -0.2) is 23.1 Å². The number of rotatable bonds is 4. The summed E-state index contributed by atoms with van der Waals surface area (Å²) in [4.78, 5) is 16.6. The van der Waals surface area contributed by atoms with Gasteiger partial charge in [-0.25, -0.2) is 9.37 Å². The summed E-state index contributed by atoms with van der Waals surface area (Å²) in [5, 5.41) is 7.95. The van der Waals surface area contributed by atoms with Gasteiger partial charge < -0.3 is 10.1 Å². The van der Waals surface area contributed by atoms with Gasteiger partial charge in [-0.05, 0) is 70.6 Å². The molecule has 0 bridgehead atoms. The lowest BCUT2D eigenvalue weighted by molar-refractivity contribution is 0.0977. The molecule has 0 aliphatic carbocycles. The lowest BCUT2D eigenvalue weighted by atomic mass is 10.2. The molecule has 1 aromatic heterocycles. The number of ether oxygens (including phenoxy) is 1. The largest absolute Gasteiger partial charge is 0.496 e. The number of nitrogens with zero attached hydrogens (tertiary/aromatic N) is 1. The van der Waals surface area contributed by atoms with Gasteiger partial charge in [-0.1, -0.05) is 0 Å². The molecule has 0 saturated carbocycles. The molecule has 2 aromatic carbocycles. The van der Waals surface area contributed by atoms with Crippen molar-refractivity contribution in [2.75, 3.05) is 12.4 Å². The number of nitrogens with one attached hydrogen (secondary N) is 2. The van der Waals surface area contributed by atoms with E-state index in [9.17, 15) is 9.18 Å². The molecule has 3 rings (SSSR count). The molecule has 0 aliphatic rings. The highest BCUT2D eigenvalue weighted by atomic mass is 79.9. The Balaban J connectivity index is 1.65. The summed E-state index contributed by atoms with van der Waals surface area (Å²) in [5.41, 5.74) is 1.98. The van der Waals surface area contributed by atoms with Gasteiger partial charge in [0.15, 0.2) is 10.2 Å². The highest BCUT2D eigenvalue weighted by molar-refractivity contribution is 9.10. The van der Waals surface area contributed by atoms with Crippen LogP contribution in [0.3, 0.4) is 0 Å². The monoisotopic (exact) mass is 465 g/mol. The number of aromatic nitrogens is 1. The number of methoxy groups -OCH3 is 1. The molecule has 5 nitrogen and oxygen atoms in total. The van der Waals surface area contributed by atoms with Crippen LogP contribution >= 0.6 is 39.5 Å². The number of benzene rings is 2. The normalized spacial score (nSPS) is 10.3. The molecule has 138 valence electrons. The molecular weight excluding hydrogens is 453 g/mol. The quantitative estimate of drug-likeness (QED) is 0.539. The van der Waals surface area contributed by atoms with Crippen LogP contribution in [0.5, 0.6) is 5.75 Å². The SMILES string of the molecule is COc1ccc(-c2csc(NC(=S)NC(=O)c3ccc(F)cc3)n2)cc1Br. The Hall–Kier alpha value is -2.36. The predicted octanol–water partition coefficient (Wildman–Crippen LogP) is 4.85. The minimum atomic E-state index is -0.427. The number of thiazole rings is 1. The molecule has 27 heavy (non-hydrogen) atoms. The van der Waals surface area contributed by atoms with E-state index in [1.54, 1.807) is 7.11 Å². The van der Waals surface area contributed by atoms with E-state index in [2.05, 4.69) is 31.5 Å². The summed E-state index contributed by atoms with van der Waals surface area (Å²) in [6.45, 7) is 0. The summed E-state index contributed by atoms with van der Waals surface area (Å²) in [5.74, 6) is -0.104. The van der Waals surface area contributed by atoms with Crippen molar-refractivity contribution in [2.24, 2.45) is 0 Å². The Morgan fingerprint density at radius 1 is 1.26 bits per heavy atom. The van der Waals surface area contributed by atoms with Crippen molar-refractivity contribution in [2.45, 2.75) is 0 Å². The zero-order valence-corrected chi connectivity index (χ0v) is 17.2. The molecule has 9 heteroatoms. The van der Waals surface area contributed by atoms with Gasteiger partial charge in [-0.15, -0.1) is 11.3 Å². The summed E-state index contributed by atoms with van der Waals surface area (Å²) < 4.78 is 19.0. The van der Waals surface area contributed by atoms with Crippen molar-refractivity contribution < 1.29 is 13.9 Å². The molecule has 2 N–H and O–H groups in total. The molecule has 0 aliphatic heterocycles. The van der Waals surface area contributed by atoms with Gasteiger partial charge in [-0.2, -0.15) is 0 Å². The summed E-state index contributed by atoms with van der Waals surface area (Å²) in [6, 6.07) is 10.9. The third-order valence-corrected chi connectivity index (χ3v) is 5.09. The molecule has 0 unspecified atom stereocenters. The molecule has 3 aromatic rings. The number of carbonyl (C=O) groups excluding carboxylic acids is 1. The van der Waals surface area contributed by atoms with Crippen molar-refractivity contribution in [1.82, 2.24) is 10.3 Å². The Bertz CT molecular complexity index is 993. The van der Waals surface area contributed by atoms with E-state index >= 15 is 0 Å². The van der Waals surface area contributed by atoms with E-state index in [1.165, 1.54) is 35.6 Å². The summed E-state index contributed by atoms with van der Waals surface area (Å²) in [7, 11) is 1.60. The zero-order valence-electron chi connectivity index (χ0n) is 14.0. The average molecular weight is 466 g/mol. The second-order valence-corrected chi connectivity index (χ2v) is 7.42. The van der Waals surface area contributed by atoms with E-state index in [1.807, 2.05) is 23.6 Å². The number of amides is 1. The molecule has 0 atom stereocenters. The van der Waals surface area contributed by atoms with Crippen LogP contribution in [0.15, 0.2) is 52.3 Å². The van der Waals surface area contributed by atoms with E-state index in [-0.39, 0.29) is 5.11 Å². The first-order chi connectivity index (χ1) is 13.0. The minimum absolute atomic E-state index is 0.112. The fourth-order valence-corrected chi connectivity index (χ4v) is 3.71. The van der Waals surface area contributed by atoms with Crippen LogP contribution in [0, 0.1) is 5.82 Å². The number of hydrogen-bond acceptors (Lipinski definition) is 5. The highest BCUT2D eigenvalue weighted by Gasteiger charge is 2.11. The lowest BCUT2D eigenvalue weighted by Gasteiger charge is -2.07. The van der Waals surface area contributed by atoms with Gasteiger partial charge in [0.2, 0.25) is 0 Å². The second kappa shape index (κ2) is 8.55. The standard InChI is InChI=1S/C18H13BrFN3O2S2/c1-25-15-7-4-11(8-13(15)19)14-9-27-18(21-14)23-17(26)22-16(24)10-2-5-12(20)6-3-10/h2-9H,1H3,(H2,21,22,23,24,26). The van der Waals surface area contributed by atoms with Crippen LogP contribution in [0.1, 0.15) is 10.4 Å². The van der Waals surface area contributed by atoms with Crippen LogP contribution in [0.4, 0.5) is 9.52 Å². The Kier molecular flexibility index (Phi) is 6.15. The Labute approximate surface area is 172 Å². The first-order valence-electron chi connectivity index (χ1n) is 7.63. The average Bonchev–Trinajstić information content (AvgIpc) is 3.10. The van der Waals surface area contributed by atoms with Crippen molar-refractivity contribution >= 4 is 55.6 Å². The van der Waals surface area contributed by atoms with Crippen molar-refractivity contribution in [3.05, 3.63) is 63.7 Å². The topological polar surface area (TPSA) is 63.2 Å². The van der Waals surface area contributed by atoms with Crippen molar-refractivity contribution in [3.63, 3.8) is 0 Å². The first kappa shape index (κ1) is 19.4. The van der Waals surface area contributed by atoms with Gasteiger partial charge in [-0.3, -0.25) is 10.1 Å². The lowest BCUT2D eigenvalue weighted by Crippen LogP contribution is -2.34. The molecule has 0 radical (unpaired) electrons. The zero-order chi connectivity index (χ0) is 19.4. The predicted molar refractivity (Wildman–Crippen MR) is 112 cm³/mol. The molecule has 0 saturated heterocycles. The fraction of sp³-hybridized carbons (Fsp3) is 0.0556. The number of carbonyl (C=O) groups is 1. The highest BCUT2D eigenvalue weighted by Crippen LogP contribution is 2.31. The van der Waals surface area contributed by atoms with E-state index in [0.29, 0.717) is 10.7 Å². The molecule has 0 fully saturated rings. The molecular formula is C18H13BrFN3O2S2. The number of hydrogen-bond donors (Lipinski definition) is 2. The number of anilines is 1. The first-order valence-corrected chi connectivity index (χ1v) is 9.71. The van der Waals surface area contributed by atoms with Crippen LogP contribution in [-0.2, 0) is 0 Å². The van der Waals surface area contributed by atoms with E-state index in [4.69, 9.17) is 17.0 Å². The smallest absolute Gasteiger partial charge is 0.257 e. The van der Waals surface area contributed by atoms with Gasteiger partial charge in [0.05, 0.1) is 17.3 Å². The molecule has 0 spiro atoms. The van der Waals surface area contributed by atoms with Gasteiger partial charge in [0.25, 0.3) is 5.91 Å². The third kappa shape index (κ3) is 4.88. The van der Waals surface area contributed by atoms with Gasteiger partial charge in [0, 0.05) is 16.5 Å². The molecule has 1 amide bonds.